The van der Waals surface area contributed by atoms with Crippen molar-refractivity contribution < 1.29 is 9.53 Å². The van der Waals surface area contributed by atoms with Gasteiger partial charge in [0, 0.05) is 38.3 Å². The molecule has 1 heterocycles. The summed E-state index contributed by atoms with van der Waals surface area (Å²) in [7, 11) is 0. The Balaban J connectivity index is 1.67. The average Bonchev–Trinajstić information content (AvgIpc) is 3.38. The second-order valence-corrected chi connectivity index (χ2v) is 6.29. The maximum absolute atomic E-state index is 12.4. The van der Waals surface area contributed by atoms with Crippen molar-refractivity contribution in [2.45, 2.75) is 38.3 Å². The Bertz CT molecular complexity index is 487. The molecule has 0 unspecified atom stereocenters. The van der Waals surface area contributed by atoms with E-state index in [0.29, 0.717) is 6.61 Å². The van der Waals surface area contributed by atoms with Crippen molar-refractivity contribution in [3.05, 3.63) is 35.9 Å². The van der Waals surface area contributed by atoms with Gasteiger partial charge >= 0.3 is 0 Å². The lowest BCUT2D eigenvalue weighted by Gasteiger charge is -2.42. The number of carbonyl (C=O) groups is 1. The van der Waals surface area contributed by atoms with Crippen molar-refractivity contribution in [1.29, 1.82) is 0 Å². The van der Waals surface area contributed by atoms with Crippen molar-refractivity contribution in [3.63, 3.8) is 0 Å². The highest BCUT2D eigenvalue weighted by Crippen LogP contribution is 2.29. The molecule has 2 aliphatic rings. The number of rotatable bonds is 6. The number of hydrogen-bond donors (Lipinski definition) is 0. The van der Waals surface area contributed by atoms with Crippen molar-refractivity contribution >= 4 is 5.91 Å². The van der Waals surface area contributed by atoms with Crippen molar-refractivity contribution in [2.24, 2.45) is 0 Å². The fourth-order valence-electron chi connectivity index (χ4n) is 3.31. The summed E-state index contributed by atoms with van der Waals surface area (Å²) in [6.45, 7) is 5.58. The smallest absolute Gasteiger partial charge is 0.248 e. The number of piperazine rings is 1. The van der Waals surface area contributed by atoms with Crippen LogP contribution in [0.4, 0.5) is 0 Å². The number of nitrogens with zero attached hydrogens (tertiary/aromatic N) is 2. The van der Waals surface area contributed by atoms with E-state index in [9.17, 15) is 4.79 Å². The molecule has 1 aromatic carbocycles. The lowest BCUT2D eigenvalue weighted by atomic mass is 10.0. The summed E-state index contributed by atoms with van der Waals surface area (Å²) in [6, 6.07) is 11.5. The van der Waals surface area contributed by atoms with Crippen LogP contribution in [0.25, 0.3) is 0 Å². The summed E-state index contributed by atoms with van der Waals surface area (Å²) in [6.07, 6.45) is 3.58. The zero-order valence-electron chi connectivity index (χ0n) is 13.4. The molecule has 1 amide bonds. The van der Waals surface area contributed by atoms with Gasteiger partial charge in [-0.3, -0.25) is 9.69 Å². The summed E-state index contributed by atoms with van der Waals surface area (Å²) in [5.74, 6) is 0.137. The largest absolute Gasteiger partial charge is 0.372 e. The third kappa shape index (κ3) is 3.87. The van der Waals surface area contributed by atoms with Gasteiger partial charge in [0.2, 0.25) is 5.91 Å². The molecular weight excluding hydrogens is 276 g/mol. The van der Waals surface area contributed by atoms with E-state index in [-0.39, 0.29) is 18.6 Å². The van der Waals surface area contributed by atoms with Gasteiger partial charge in [0.1, 0.15) is 6.61 Å². The number of benzene rings is 1. The molecule has 1 aliphatic carbocycles. The molecule has 0 N–H and O–H groups in total. The van der Waals surface area contributed by atoms with E-state index in [0.717, 1.165) is 32.1 Å². The average molecular weight is 302 g/mol. The first-order valence-electron chi connectivity index (χ1n) is 8.43. The minimum absolute atomic E-state index is 0.137. The molecule has 0 spiro atoms. The summed E-state index contributed by atoms with van der Waals surface area (Å²) in [5.41, 5.74) is 1.30. The van der Waals surface area contributed by atoms with Crippen LogP contribution in [0.15, 0.2) is 30.3 Å². The van der Waals surface area contributed by atoms with Gasteiger partial charge < -0.3 is 9.64 Å². The van der Waals surface area contributed by atoms with Gasteiger partial charge in [-0.2, -0.15) is 0 Å². The van der Waals surface area contributed by atoms with Crippen LogP contribution < -0.4 is 0 Å². The second-order valence-electron chi connectivity index (χ2n) is 6.29. The lowest BCUT2D eigenvalue weighted by molar-refractivity contribution is -0.141. The SMILES string of the molecule is CCOCC(=O)N1CCN(C2CC2)C[C@@H]1Cc1ccccc1. The molecule has 0 radical (unpaired) electrons. The highest BCUT2D eigenvalue weighted by Gasteiger charge is 2.37. The standard InChI is InChI=1S/C18H26N2O2/c1-2-22-14-18(21)20-11-10-19(16-8-9-16)13-17(20)12-15-6-4-3-5-7-15/h3-7,16-17H,2,8-14H2,1H3/t17-/m0/s1. The van der Waals surface area contributed by atoms with Gasteiger partial charge in [-0.25, -0.2) is 0 Å². The van der Waals surface area contributed by atoms with Crippen molar-refractivity contribution in [3.8, 4) is 0 Å². The van der Waals surface area contributed by atoms with E-state index >= 15 is 0 Å². The molecule has 0 aromatic heterocycles. The molecule has 2 fully saturated rings. The molecule has 1 aliphatic heterocycles. The molecule has 22 heavy (non-hydrogen) atoms. The minimum atomic E-state index is 0.137. The zero-order valence-corrected chi connectivity index (χ0v) is 13.4. The predicted octanol–water partition coefficient (Wildman–Crippen LogP) is 1.94. The minimum Gasteiger partial charge on any atom is -0.372 e. The maximum Gasteiger partial charge on any atom is 0.248 e. The van der Waals surface area contributed by atoms with Gasteiger partial charge in [-0.1, -0.05) is 30.3 Å². The van der Waals surface area contributed by atoms with Gasteiger partial charge in [-0.05, 0) is 31.7 Å². The highest BCUT2D eigenvalue weighted by molar-refractivity contribution is 5.78. The van der Waals surface area contributed by atoms with Gasteiger partial charge in [0.25, 0.3) is 0 Å². The van der Waals surface area contributed by atoms with E-state index in [4.69, 9.17) is 4.74 Å². The first-order valence-corrected chi connectivity index (χ1v) is 8.43. The van der Waals surface area contributed by atoms with E-state index in [1.54, 1.807) is 0 Å². The first-order chi connectivity index (χ1) is 10.8. The van der Waals surface area contributed by atoms with Crippen molar-refractivity contribution in [2.75, 3.05) is 32.8 Å². The Kier molecular flexibility index (Phi) is 5.11. The zero-order chi connectivity index (χ0) is 15.4. The Morgan fingerprint density at radius 1 is 1.23 bits per heavy atom. The lowest BCUT2D eigenvalue weighted by Crippen LogP contribution is -2.57. The topological polar surface area (TPSA) is 32.8 Å². The third-order valence-corrected chi connectivity index (χ3v) is 4.64. The molecule has 1 atom stereocenters. The van der Waals surface area contributed by atoms with Gasteiger partial charge in [0.05, 0.1) is 0 Å². The summed E-state index contributed by atoms with van der Waals surface area (Å²) < 4.78 is 5.33. The van der Waals surface area contributed by atoms with Crippen LogP contribution >= 0.6 is 0 Å². The molecule has 0 bridgehead atoms. The summed E-state index contributed by atoms with van der Waals surface area (Å²) >= 11 is 0. The molecule has 1 saturated carbocycles. The molecular formula is C18H26N2O2. The van der Waals surface area contributed by atoms with E-state index in [1.165, 1.54) is 18.4 Å². The maximum atomic E-state index is 12.4. The fourth-order valence-corrected chi connectivity index (χ4v) is 3.31. The number of carbonyl (C=O) groups excluding carboxylic acids is 1. The quantitative estimate of drug-likeness (QED) is 0.805. The van der Waals surface area contributed by atoms with Crippen LogP contribution in [0, 0.1) is 0 Å². The Morgan fingerprint density at radius 3 is 2.68 bits per heavy atom. The number of ether oxygens (including phenoxy) is 1. The normalized spacial score (nSPS) is 22.8. The Labute approximate surface area is 133 Å². The van der Waals surface area contributed by atoms with Crippen LogP contribution in [0.2, 0.25) is 0 Å². The van der Waals surface area contributed by atoms with E-state index < -0.39 is 0 Å². The third-order valence-electron chi connectivity index (χ3n) is 4.64. The van der Waals surface area contributed by atoms with Crippen LogP contribution in [0.5, 0.6) is 0 Å². The summed E-state index contributed by atoms with van der Waals surface area (Å²) in [4.78, 5) is 17.0. The molecule has 1 saturated heterocycles. The fraction of sp³-hybridized carbons (Fsp3) is 0.611. The van der Waals surface area contributed by atoms with Crippen LogP contribution in [-0.2, 0) is 16.0 Å². The molecule has 1 aromatic rings. The van der Waals surface area contributed by atoms with E-state index in [1.807, 2.05) is 17.9 Å². The first kappa shape index (κ1) is 15.5. The van der Waals surface area contributed by atoms with Gasteiger partial charge in [-0.15, -0.1) is 0 Å². The Morgan fingerprint density at radius 2 is 2.00 bits per heavy atom. The monoisotopic (exact) mass is 302 g/mol. The molecule has 3 rings (SSSR count). The summed E-state index contributed by atoms with van der Waals surface area (Å²) in [5, 5.41) is 0. The highest BCUT2D eigenvalue weighted by atomic mass is 16.5. The predicted molar refractivity (Wildman–Crippen MR) is 86.7 cm³/mol. The van der Waals surface area contributed by atoms with Gasteiger partial charge in [0.15, 0.2) is 0 Å². The number of amides is 1. The Hall–Kier alpha value is -1.39. The van der Waals surface area contributed by atoms with E-state index in [2.05, 4.69) is 29.2 Å². The van der Waals surface area contributed by atoms with Crippen molar-refractivity contribution in [1.82, 2.24) is 9.80 Å². The number of hydrogen-bond acceptors (Lipinski definition) is 3. The van der Waals surface area contributed by atoms with Crippen LogP contribution in [-0.4, -0.2) is 60.6 Å². The molecule has 120 valence electrons. The second kappa shape index (κ2) is 7.25. The molecule has 4 heteroatoms. The van der Waals surface area contributed by atoms with Crippen LogP contribution in [0.3, 0.4) is 0 Å². The molecule has 4 nitrogen and oxygen atoms in total. The van der Waals surface area contributed by atoms with Crippen LogP contribution in [0.1, 0.15) is 25.3 Å².